The van der Waals surface area contributed by atoms with Gasteiger partial charge in [-0.05, 0) is 25.5 Å². The van der Waals surface area contributed by atoms with Gasteiger partial charge in [0.25, 0.3) is 0 Å². The van der Waals surface area contributed by atoms with Crippen LogP contribution in [0.4, 0.5) is 0 Å². The number of hydrogen-bond donors (Lipinski definition) is 0. The summed E-state index contributed by atoms with van der Waals surface area (Å²) in [7, 11) is 0. The van der Waals surface area contributed by atoms with Crippen LogP contribution >= 0.6 is 11.3 Å². The predicted molar refractivity (Wildman–Crippen MR) is 46.4 cm³/mol. The van der Waals surface area contributed by atoms with Gasteiger partial charge in [0, 0.05) is 11.1 Å². The summed E-state index contributed by atoms with van der Waals surface area (Å²) >= 11 is 1.53. The van der Waals surface area contributed by atoms with Crippen LogP contribution < -0.4 is 0 Å². The lowest BCUT2D eigenvalue weighted by Crippen LogP contribution is -1.89. The Morgan fingerprint density at radius 2 is 2.36 bits per heavy atom. The van der Waals surface area contributed by atoms with Gasteiger partial charge in [0.15, 0.2) is 5.78 Å². The molecule has 0 fully saturated rings. The highest BCUT2D eigenvalue weighted by Crippen LogP contribution is 2.10. The third kappa shape index (κ3) is 2.27. The molecule has 0 aliphatic heterocycles. The molecule has 0 unspecified atom stereocenters. The molecular weight excluding hydrogens is 158 g/mol. The van der Waals surface area contributed by atoms with Crippen LogP contribution in [0.5, 0.6) is 0 Å². The smallest absolute Gasteiger partial charge is 0.155 e. The minimum Gasteiger partial charge on any atom is -0.295 e. The zero-order chi connectivity index (χ0) is 8.27. The maximum Gasteiger partial charge on any atom is 0.155 e. The Kier molecular flexibility index (Phi) is 2.54. The van der Waals surface area contributed by atoms with Gasteiger partial charge in [-0.3, -0.25) is 9.78 Å². The number of thiazole rings is 1. The Bertz CT molecular complexity index is 274. The molecule has 0 spiro atoms. The summed E-state index contributed by atoms with van der Waals surface area (Å²) in [6.45, 7) is 3.37. The lowest BCUT2D eigenvalue weighted by Gasteiger charge is -1.89. The second kappa shape index (κ2) is 3.44. The third-order valence-electron chi connectivity index (χ3n) is 1.37. The quantitative estimate of drug-likeness (QED) is 0.631. The second-order valence-electron chi connectivity index (χ2n) is 2.29. The molecule has 1 rings (SSSR count). The molecule has 1 aromatic rings. The maximum atomic E-state index is 10.8. The minimum atomic E-state index is 0.110. The van der Waals surface area contributed by atoms with Gasteiger partial charge in [-0.2, -0.15) is 0 Å². The highest BCUT2D eigenvalue weighted by Gasteiger charge is 1.96. The van der Waals surface area contributed by atoms with E-state index in [4.69, 9.17) is 0 Å². The van der Waals surface area contributed by atoms with Gasteiger partial charge in [-0.15, -0.1) is 11.3 Å². The van der Waals surface area contributed by atoms with Gasteiger partial charge < -0.3 is 0 Å². The van der Waals surface area contributed by atoms with Crippen LogP contribution in [0.1, 0.15) is 18.7 Å². The first-order valence-corrected chi connectivity index (χ1v) is 4.16. The number of aromatic nitrogens is 1. The SMILES string of the molecule is CC(=O)C(C)=Cc1cncs1. The van der Waals surface area contributed by atoms with E-state index in [2.05, 4.69) is 4.98 Å². The number of carbonyl (C=O) groups excluding carboxylic acids is 1. The van der Waals surface area contributed by atoms with Crippen LogP contribution in [0.2, 0.25) is 0 Å². The van der Waals surface area contributed by atoms with Crippen molar-refractivity contribution in [1.29, 1.82) is 0 Å². The average molecular weight is 167 g/mol. The summed E-state index contributed by atoms with van der Waals surface area (Å²) in [4.78, 5) is 15.7. The van der Waals surface area contributed by atoms with Crippen LogP contribution in [0.25, 0.3) is 6.08 Å². The molecule has 3 heteroatoms. The van der Waals surface area contributed by atoms with Gasteiger partial charge >= 0.3 is 0 Å². The monoisotopic (exact) mass is 167 g/mol. The number of ketones is 1. The van der Waals surface area contributed by atoms with Crippen molar-refractivity contribution in [1.82, 2.24) is 4.98 Å². The molecule has 2 nitrogen and oxygen atoms in total. The van der Waals surface area contributed by atoms with Gasteiger partial charge in [0.2, 0.25) is 0 Å². The van der Waals surface area contributed by atoms with E-state index in [1.54, 1.807) is 18.6 Å². The van der Waals surface area contributed by atoms with Gasteiger partial charge in [0.1, 0.15) is 0 Å². The number of hydrogen-bond acceptors (Lipinski definition) is 3. The van der Waals surface area contributed by atoms with Crippen molar-refractivity contribution in [3.05, 3.63) is 22.2 Å². The summed E-state index contributed by atoms with van der Waals surface area (Å²) in [5, 5.41) is 0. The number of carbonyl (C=O) groups is 1. The summed E-state index contributed by atoms with van der Waals surface area (Å²) in [6, 6.07) is 0. The lowest BCUT2D eigenvalue weighted by atomic mass is 10.2. The molecule has 0 saturated carbocycles. The first-order chi connectivity index (χ1) is 5.20. The summed E-state index contributed by atoms with van der Waals surface area (Å²) in [6.07, 6.45) is 3.59. The lowest BCUT2D eigenvalue weighted by molar-refractivity contribution is -0.113. The molecule has 0 aliphatic carbocycles. The maximum absolute atomic E-state index is 10.8. The molecule has 0 aromatic carbocycles. The molecule has 1 aromatic heterocycles. The van der Waals surface area contributed by atoms with Crippen molar-refractivity contribution in [2.24, 2.45) is 0 Å². The van der Waals surface area contributed by atoms with Crippen molar-refractivity contribution < 1.29 is 4.79 Å². The highest BCUT2D eigenvalue weighted by molar-refractivity contribution is 7.10. The molecule has 0 bridgehead atoms. The molecule has 0 radical (unpaired) electrons. The Morgan fingerprint density at radius 1 is 1.64 bits per heavy atom. The number of nitrogens with zero attached hydrogens (tertiary/aromatic N) is 1. The predicted octanol–water partition coefficient (Wildman–Crippen LogP) is 2.14. The van der Waals surface area contributed by atoms with Crippen molar-refractivity contribution in [3.8, 4) is 0 Å². The van der Waals surface area contributed by atoms with Crippen molar-refractivity contribution in [2.75, 3.05) is 0 Å². The molecular formula is C8H9NOS. The summed E-state index contributed by atoms with van der Waals surface area (Å²) in [5.74, 6) is 0.110. The molecule has 58 valence electrons. The number of allylic oxidation sites excluding steroid dienone is 1. The molecule has 0 atom stereocenters. The van der Waals surface area contributed by atoms with Crippen molar-refractivity contribution >= 4 is 23.2 Å². The average Bonchev–Trinajstić information content (AvgIpc) is 2.39. The van der Waals surface area contributed by atoms with E-state index in [1.807, 2.05) is 13.0 Å². The zero-order valence-corrected chi connectivity index (χ0v) is 7.31. The van der Waals surface area contributed by atoms with Crippen LogP contribution in [0.15, 0.2) is 17.3 Å². The van der Waals surface area contributed by atoms with Crippen LogP contribution in [-0.4, -0.2) is 10.8 Å². The number of Topliss-reactive ketones (excluding diaryl/α,β-unsaturated/α-hetero) is 1. The minimum absolute atomic E-state index is 0.110. The standard InChI is InChI=1S/C8H9NOS/c1-6(7(2)10)3-8-4-9-5-11-8/h3-5H,1-2H3. The van der Waals surface area contributed by atoms with E-state index in [1.165, 1.54) is 11.3 Å². The topological polar surface area (TPSA) is 30.0 Å². The Balaban J connectivity index is 2.82. The third-order valence-corrected chi connectivity index (χ3v) is 2.09. The Labute approximate surface area is 69.6 Å². The van der Waals surface area contributed by atoms with Crippen LogP contribution in [0, 0.1) is 0 Å². The van der Waals surface area contributed by atoms with Gasteiger partial charge in [-0.25, -0.2) is 0 Å². The molecule has 0 saturated heterocycles. The van der Waals surface area contributed by atoms with E-state index < -0.39 is 0 Å². The molecule has 0 aliphatic rings. The molecule has 0 amide bonds. The van der Waals surface area contributed by atoms with Crippen molar-refractivity contribution in [3.63, 3.8) is 0 Å². The Morgan fingerprint density at radius 3 is 2.82 bits per heavy atom. The number of rotatable bonds is 2. The summed E-state index contributed by atoms with van der Waals surface area (Å²) < 4.78 is 0. The van der Waals surface area contributed by atoms with E-state index in [9.17, 15) is 4.79 Å². The summed E-state index contributed by atoms with van der Waals surface area (Å²) in [5.41, 5.74) is 2.52. The zero-order valence-electron chi connectivity index (χ0n) is 6.50. The van der Waals surface area contributed by atoms with Crippen LogP contribution in [-0.2, 0) is 4.79 Å². The van der Waals surface area contributed by atoms with E-state index in [-0.39, 0.29) is 5.78 Å². The highest BCUT2D eigenvalue weighted by atomic mass is 32.1. The van der Waals surface area contributed by atoms with Gasteiger partial charge in [0.05, 0.1) is 5.51 Å². The fourth-order valence-electron chi connectivity index (χ4n) is 0.612. The first-order valence-electron chi connectivity index (χ1n) is 3.28. The van der Waals surface area contributed by atoms with E-state index in [0.717, 1.165) is 10.5 Å². The molecule has 0 N–H and O–H groups in total. The van der Waals surface area contributed by atoms with E-state index in [0.29, 0.717) is 0 Å². The fraction of sp³-hybridized carbons (Fsp3) is 0.250. The fourth-order valence-corrected chi connectivity index (χ4v) is 1.22. The molecule has 11 heavy (non-hydrogen) atoms. The molecule has 1 heterocycles. The normalized spacial score (nSPS) is 11.6. The van der Waals surface area contributed by atoms with E-state index >= 15 is 0 Å². The van der Waals surface area contributed by atoms with Gasteiger partial charge in [-0.1, -0.05) is 0 Å². The second-order valence-corrected chi connectivity index (χ2v) is 3.21. The van der Waals surface area contributed by atoms with Crippen molar-refractivity contribution in [2.45, 2.75) is 13.8 Å². The first kappa shape index (κ1) is 8.14. The van der Waals surface area contributed by atoms with Crippen LogP contribution in [0.3, 0.4) is 0 Å². The largest absolute Gasteiger partial charge is 0.295 e. The Hall–Kier alpha value is -0.960.